The Hall–Kier alpha value is -3.72. The molecule has 0 aliphatic carbocycles. The number of aryl methyl sites for hydroxylation is 1. The standard InChI is InChI=1S/C29H34FN3O4S/c1-4-17-31-29(35)27(19-23-10-6-5-7-11-23)32(20-24-12-8-9-22(2)18-24)28(34)21-33(38(3,36)37)26-15-13-25(30)14-16-26/h5-16,18,27H,4,17,19-21H2,1-3H3,(H,31,35)/t27-/m1/s1. The highest BCUT2D eigenvalue weighted by Gasteiger charge is 2.32. The molecule has 38 heavy (non-hydrogen) atoms. The van der Waals surface area contributed by atoms with Gasteiger partial charge in [0.1, 0.15) is 18.4 Å². The van der Waals surface area contributed by atoms with Gasteiger partial charge in [0.2, 0.25) is 21.8 Å². The molecule has 3 rings (SSSR count). The molecule has 0 heterocycles. The number of benzene rings is 3. The van der Waals surface area contributed by atoms with Crippen molar-refractivity contribution in [2.24, 2.45) is 0 Å². The molecule has 2 amide bonds. The molecule has 0 aromatic heterocycles. The fourth-order valence-corrected chi connectivity index (χ4v) is 5.00. The number of carbonyl (C=O) groups is 2. The van der Waals surface area contributed by atoms with E-state index in [2.05, 4.69) is 5.32 Å². The first kappa shape index (κ1) is 28.8. The maximum absolute atomic E-state index is 13.9. The van der Waals surface area contributed by atoms with Gasteiger partial charge in [0, 0.05) is 19.5 Å². The van der Waals surface area contributed by atoms with Crippen LogP contribution in [0, 0.1) is 12.7 Å². The Bertz CT molecular complexity index is 1330. The van der Waals surface area contributed by atoms with Crippen molar-refractivity contribution < 1.29 is 22.4 Å². The number of nitrogens with zero attached hydrogens (tertiary/aromatic N) is 2. The molecule has 0 aliphatic rings. The lowest BCUT2D eigenvalue weighted by Crippen LogP contribution is -2.53. The van der Waals surface area contributed by atoms with E-state index in [9.17, 15) is 22.4 Å². The number of halogens is 1. The van der Waals surface area contributed by atoms with E-state index in [4.69, 9.17) is 0 Å². The average Bonchev–Trinajstić information content (AvgIpc) is 2.88. The molecule has 0 saturated carbocycles. The van der Waals surface area contributed by atoms with Crippen molar-refractivity contribution in [3.05, 3.63) is 101 Å². The highest BCUT2D eigenvalue weighted by Crippen LogP contribution is 2.21. The summed E-state index contributed by atoms with van der Waals surface area (Å²) in [6, 6.07) is 21.0. The number of amides is 2. The van der Waals surface area contributed by atoms with Gasteiger partial charge in [-0.25, -0.2) is 12.8 Å². The molecule has 0 unspecified atom stereocenters. The van der Waals surface area contributed by atoms with Crippen molar-refractivity contribution in [1.29, 1.82) is 0 Å². The minimum Gasteiger partial charge on any atom is -0.354 e. The molecular formula is C29H34FN3O4S. The van der Waals surface area contributed by atoms with Gasteiger partial charge in [-0.3, -0.25) is 13.9 Å². The van der Waals surface area contributed by atoms with Crippen LogP contribution in [0.1, 0.15) is 30.0 Å². The number of anilines is 1. The third-order valence-electron chi connectivity index (χ3n) is 6.05. The molecule has 0 spiro atoms. The zero-order valence-corrected chi connectivity index (χ0v) is 22.7. The first-order valence-electron chi connectivity index (χ1n) is 12.5. The fraction of sp³-hybridized carbons (Fsp3) is 0.310. The SMILES string of the molecule is CCCNC(=O)[C@@H](Cc1ccccc1)N(Cc1cccc(C)c1)C(=O)CN(c1ccc(F)cc1)S(C)(=O)=O. The van der Waals surface area contributed by atoms with Crippen molar-refractivity contribution in [2.75, 3.05) is 23.7 Å². The number of rotatable bonds is 12. The van der Waals surface area contributed by atoms with E-state index in [-0.39, 0.29) is 24.6 Å². The summed E-state index contributed by atoms with van der Waals surface area (Å²) in [6.45, 7) is 3.89. The van der Waals surface area contributed by atoms with Crippen molar-refractivity contribution in [1.82, 2.24) is 10.2 Å². The molecule has 202 valence electrons. The molecule has 7 nitrogen and oxygen atoms in total. The van der Waals surface area contributed by atoms with Gasteiger partial charge in [-0.05, 0) is 48.7 Å². The Morgan fingerprint density at radius 2 is 1.61 bits per heavy atom. The van der Waals surface area contributed by atoms with Crippen molar-refractivity contribution >= 4 is 27.5 Å². The number of hydrogen-bond donors (Lipinski definition) is 1. The minimum absolute atomic E-state index is 0.110. The van der Waals surface area contributed by atoms with Crippen LogP contribution in [-0.2, 0) is 32.6 Å². The second kappa shape index (κ2) is 13.2. The largest absolute Gasteiger partial charge is 0.354 e. The van der Waals surface area contributed by atoms with Gasteiger partial charge in [-0.2, -0.15) is 0 Å². The Morgan fingerprint density at radius 3 is 2.21 bits per heavy atom. The van der Waals surface area contributed by atoms with Gasteiger partial charge in [-0.15, -0.1) is 0 Å². The lowest BCUT2D eigenvalue weighted by Gasteiger charge is -2.33. The van der Waals surface area contributed by atoms with Crippen molar-refractivity contribution in [3.8, 4) is 0 Å². The third kappa shape index (κ3) is 8.14. The molecule has 0 bridgehead atoms. The zero-order valence-electron chi connectivity index (χ0n) is 21.9. The van der Waals surface area contributed by atoms with Gasteiger partial charge >= 0.3 is 0 Å². The Morgan fingerprint density at radius 1 is 0.947 bits per heavy atom. The molecule has 0 saturated heterocycles. The number of sulfonamides is 1. The van der Waals surface area contributed by atoms with Crippen LogP contribution < -0.4 is 9.62 Å². The van der Waals surface area contributed by atoms with Crippen LogP contribution in [0.15, 0.2) is 78.9 Å². The van der Waals surface area contributed by atoms with Crippen molar-refractivity contribution in [2.45, 2.75) is 39.3 Å². The van der Waals surface area contributed by atoms with E-state index < -0.39 is 34.3 Å². The summed E-state index contributed by atoms with van der Waals surface area (Å²) in [4.78, 5) is 28.8. The van der Waals surface area contributed by atoms with Crippen LogP contribution >= 0.6 is 0 Å². The second-order valence-corrected chi connectivity index (χ2v) is 11.2. The zero-order chi connectivity index (χ0) is 27.7. The molecule has 0 fully saturated rings. The van der Waals surface area contributed by atoms with E-state index >= 15 is 0 Å². The Balaban J connectivity index is 2.03. The van der Waals surface area contributed by atoms with E-state index in [1.54, 1.807) is 0 Å². The minimum atomic E-state index is -3.90. The summed E-state index contributed by atoms with van der Waals surface area (Å²) in [6.07, 6.45) is 1.97. The van der Waals surface area contributed by atoms with E-state index in [0.717, 1.165) is 45.8 Å². The molecular weight excluding hydrogens is 505 g/mol. The number of hydrogen-bond acceptors (Lipinski definition) is 4. The van der Waals surface area contributed by atoms with Crippen LogP contribution in [0.3, 0.4) is 0 Å². The predicted octanol–water partition coefficient (Wildman–Crippen LogP) is 4.07. The summed E-state index contributed by atoms with van der Waals surface area (Å²) in [7, 11) is -3.90. The first-order valence-corrected chi connectivity index (χ1v) is 14.3. The molecule has 3 aromatic rings. The number of carbonyl (C=O) groups excluding carboxylic acids is 2. The van der Waals surface area contributed by atoms with Gasteiger partial charge in [0.15, 0.2) is 0 Å². The molecule has 1 atom stereocenters. The molecule has 1 N–H and O–H groups in total. The lowest BCUT2D eigenvalue weighted by molar-refractivity contribution is -0.140. The third-order valence-corrected chi connectivity index (χ3v) is 7.19. The number of nitrogens with one attached hydrogen (secondary N) is 1. The van der Waals surface area contributed by atoms with Crippen LogP contribution in [0.5, 0.6) is 0 Å². The summed E-state index contributed by atoms with van der Waals surface area (Å²) in [5, 5.41) is 2.90. The second-order valence-electron chi connectivity index (χ2n) is 9.25. The van der Waals surface area contributed by atoms with E-state index in [1.807, 2.05) is 68.4 Å². The predicted molar refractivity (Wildman–Crippen MR) is 148 cm³/mol. The topological polar surface area (TPSA) is 86.8 Å². The highest BCUT2D eigenvalue weighted by atomic mass is 32.2. The summed E-state index contributed by atoms with van der Waals surface area (Å²) < 4.78 is 39.9. The van der Waals surface area contributed by atoms with Gasteiger partial charge < -0.3 is 10.2 Å². The summed E-state index contributed by atoms with van der Waals surface area (Å²) >= 11 is 0. The Kier molecular flexibility index (Phi) is 10.0. The smallest absolute Gasteiger partial charge is 0.244 e. The van der Waals surface area contributed by atoms with Crippen LogP contribution in [0.4, 0.5) is 10.1 Å². The molecule has 9 heteroatoms. The average molecular weight is 540 g/mol. The van der Waals surface area contributed by atoms with Gasteiger partial charge in [-0.1, -0.05) is 67.1 Å². The molecule has 0 radical (unpaired) electrons. The molecule has 3 aromatic carbocycles. The first-order chi connectivity index (χ1) is 18.1. The Labute approximate surface area is 224 Å². The van der Waals surface area contributed by atoms with Crippen LogP contribution in [-0.4, -0.2) is 50.5 Å². The van der Waals surface area contributed by atoms with E-state index in [0.29, 0.717) is 6.54 Å². The monoisotopic (exact) mass is 539 g/mol. The quantitative estimate of drug-likeness (QED) is 0.376. The molecule has 0 aliphatic heterocycles. The lowest BCUT2D eigenvalue weighted by atomic mass is 10.0. The highest BCUT2D eigenvalue weighted by molar-refractivity contribution is 7.92. The maximum Gasteiger partial charge on any atom is 0.244 e. The van der Waals surface area contributed by atoms with Crippen molar-refractivity contribution in [3.63, 3.8) is 0 Å². The maximum atomic E-state index is 13.9. The van der Waals surface area contributed by atoms with Gasteiger partial charge in [0.05, 0.1) is 11.9 Å². The van der Waals surface area contributed by atoms with Gasteiger partial charge in [0.25, 0.3) is 0 Å². The van der Waals surface area contributed by atoms with Crippen LogP contribution in [0.25, 0.3) is 0 Å². The summed E-state index contributed by atoms with van der Waals surface area (Å²) in [5.74, 6) is -1.39. The normalized spacial score (nSPS) is 12.0. The fourth-order valence-electron chi connectivity index (χ4n) is 4.15. The van der Waals surface area contributed by atoms with E-state index in [1.165, 1.54) is 17.0 Å². The summed E-state index contributed by atoms with van der Waals surface area (Å²) in [5.41, 5.74) is 2.83. The van der Waals surface area contributed by atoms with Crippen LogP contribution in [0.2, 0.25) is 0 Å².